The van der Waals surface area contributed by atoms with Gasteiger partial charge < -0.3 is 19.9 Å². The number of halogens is 1. The number of ether oxygens (including phenoxy) is 1. The van der Waals surface area contributed by atoms with E-state index in [0.29, 0.717) is 15.9 Å². The fourth-order valence-electron chi connectivity index (χ4n) is 4.98. The van der Waals surface area contributed by atoms with Crippen molar-refractivity contribution in [3.63, 3.8) is 0 Å². The highest BCUT2D eigenvalue weighted by Gasteiger charge is 2.48. The summed E-state index contributed by atoms with van der Waals surface area (Å²) < 4.78 is 6.26. The second kappa shape index (κ2) is 7.72. The zero-order valence-electron chi connectivity index (χ0n) is 18.5. The molecule has 2 aliphatic rings. The van der Waals surface area contributed by atoms with Gasteiger partial charge in [0.2, 0.25) is 5.95 Å². The Balaban J connectivity index is 1.37. The molecule has 2 aromatic heterocycles. The van der Waals surface area contributed by atoms with E-state index < -0.39 is 5.60 Å². The number of rotatable bonds is 2. The van der Waals surface area contributed by atoms with E-state index in [1.165, 1.54) is 11.1 Å². The van der Waals surface area contributed by atoms with Gasteiger partial charge in [-0.2, -0.15) is 4.98 Å². The molecule has 1 atom stereocenters. The molecule has 1 amide bonds. The summed E-state index contributed by atoms with van der Waals surface area (Å²) in [6.07, 6.45) is 4.13. The molecule has 2 N–H and O–H groups in total. The number of carbonyl (C=O) groups is 1. The van der Waals surface area contributed by atoms with Crippen molar-refractivity contribution in [3.8, 4) is 0 Å². The number of anilines is 1. The van der Waals surface area contributed by atoms with Crippen LogP contribution >= 0.6 is 15.9 Å². The van der Waals surface area contributed by atoms with Gasteiger partial charge in [-0.05, 0) is 67.1 Å². The number of hydrogen-bond acceptors (Lipinski definition) is 6. The molecular formula is C23H27BrN6O2. The maximum absolute atomic E-state index is 12.7. The number of hydrogen-bond donors (Lipinski definition) is 2. The molecule has 168 valence electrons. The summed E-state index contributed by atoms with van der Waals surface area (Å²) in [5.41, 5.74) is 3.23. The quantitative estimate of drug-likeness (QED) is 0.538. The van der Waals surface area contributed by atoms with Crippen LogP contribution in [-0.2, 0) is 11.2 Å². The van der Waals surface area contributed by atoms with Gasteiger partial charge in [-0.25, -0.2) is 14.8 Å². The van der Waals surface area contributed by atoms with Crippen LogP contribution in [0.15, 0.2) is 35.1 Å². The van der Waals surface area contributed by atoms with E-state index >= 15 is 0 Å². The van der Waals surface area contributed by atoms with Gasteiger partial charge in [0.1, 0.15) is 10.2 Å². The van der Waals surface area contributed by atoms with E-state index in [0.717, 1.165) is 38.3 Å². The lowest BCUT2D eigenvalue weighted by Crippen LogP contribution is -2.48. The minimum absolute atomic E-state index is 0.0391. The number of piperidine rings is 1. The second-order valence-corrected chi connectivity index (χ2v) is 10.5. The molecule has 1 spiro atoms. The highest BCUT2D eigenvalue weighted by molar-refractivity contribution is 9.10. The first kappa shape index (κ1) is 21.2. The number of H-pyrrole nitrogens is 1. The molecule has 3 aromatic rings. The van der Waals surface area contributed by atoms with Gasteiger partial charge in [-0.1, -0.05) is 24.3 Å². The third kappa shape index (κ3) is 3.94. The third-order valence-electron chi connectivity index (χ3n) is 6.41. The standard InChI is InChI=1S/C23H27BrN6O2/c1-22(2,3)32-21(31)27-17-15-7-5-4-6-14(15)12-23(17)8-10-30(11-9-23)20-28-18-19(29-20)26-16(24)13-25-18/h4-7,13,17H,8-12H2,1-3H3,(H,27,31)(H,25,26,28,29)/t17-/m1/s1. The van der Waals surface area contributed by atoms with Crippen LogP contribution in [0.4, 0.5) is 10.7 Å². The van der Waals surface area contributed by atoms with Gasteiger partial charge in [-0.3, -0.25) is 0 Å². The highest BCUT2D eigenvalue weighted by Crippen LogP contribution is 2.52. The lowest BCUT2D eigenvalue weighted by molar-refractivity contribution is 0.0428. The monoisotopic (exact) mass is 498 g/mol. The fourth-order valence-corrected chi connectivity index (χ4v) is 5.25. The third-order valence-corrected chi connectivity index (χ3v) is 6.79. The van der Waals surface area contributed by atoms with Crippen molar-refractivity contribution in [2.45, 2.75) is 51.7 Å². The predicted octanol–water partition coefficient (Wildman–Crippen LogP) is 4.52. The van der Waals surface area contributed by atoms with Crippen LogP contribution in [0.5, 0.6) is 0 Å². The Morgan fingerprint density at radius 2 is 2.00 bits per heavy atom. The van der Waals surface area contributed by atoms with Gasteiger partial charge in [0, 0.05) is 18.5 Å². The van der Waals surface area contributed by atoms with Crippen LogP contribution in [0.25, 0.3) is 11.3 Å². The van der Waals surface area contributed by atoms with Crippen molar-refractivity contribution in [1.82, 2.24) is 25.3 Å². The van der Waals surface area contributed by atoms with E-state index in [-0.39, 0.29) is 17.6 Å². The Morgan fingerprint density at radius 1 is 1.25 bits per heavy atom. The van der Waals surface area contributed by atoms with Crippen molar-refractivity contribution in [2.24, 2.45) is 5.41 Å². The van der Waals surface area contributed by atoms with Gasteiger partial charge in [0.05, 0.1) is 12.2 Å². The van der Waals surface area contributed by atoms with E-state index in [2.05, 4.69) is 64.3 Å². The smallest absolute Gasteiger partial charge is 0.408 e. The van der Waals surface area contributed by atoms with Crippen molar-refractivity contribution >= 4 is 39.3 Å². The number of nitrogens with zero attached hydrogens (tertiary/aromatic N) is 4. The molecule has 0 saturated carbocycles. The Bertz CT molecular complexity index is 1160. The van der Waals surface area contributed by atoms with Gasteiger partial charge in [0.15, 0.2) is 11.3 Å². The number of fused-ring (bicyclic) bond motifs is 2. The first-order chi connectivity index (χ1) is 15.2. The number of aromatic nitrogens is 4. The van der Waals surface area contributed by atoms with E-state index in [4.69, 9.17) is 4.74 Å². The number of alkyl carbamates (subject to hydrolysis) is 1. The van der Waals surface area contributed by atoms with Crippen LogP contribution in [0.2, 0.25) is 0 Å². The summed E-state index contributed by atoms with van der Waals surface area (Å²) in [4.78, 5) is 31.6. The fraction of sp³-hybridized carbons (Fsp3) is 0.478. The molecule has 32 heavy (non-hydrogen) atoms. The van der Waals surface area contributed by atoms with Gasteiger partial charge in [0.25, 0.3) is 0 Å². The molecule has 1 aromatic carbocycles. The maximum atomic E-state index is 12.7. The van der Waals surface area contributed by atoms with Crippen LogP contribution in [0, 0.1) is 5.41 Å². The summed E-state index contributed by atoms with van der Waals surface area (Å²) in [6.45, 7) is 7.33. The van der Waals surface area contributed by atoms with Crippen molar-refractivity contribution in [3.05, 3.63) is 46.2 Å². The highest BCUT2D eigenvalue weighted by atomic mass is 79.9. The number of amides is 1. The molecule has 5 rings (SSSR count). The summed E-state index contributed by atoms with van der Waals surface area (Å²) in [5.74, 6) is 0.792. The normalized spacial score (nSPS) is 19.9. The lowest BCUT2D eigenvalue weighted by atomic mass is 9.73. The summed E-state index contributed by atoms with van der Waals surface area (Å²) >= 11 is 3.35. The number of carbonyl (C=O) groups excluding carboxylic acids is 1. The van der Waals surface area contributed by atoms with E-state index in [1.807, 2.05) is 26.8 Å². The summed E-state index contributed by atoms with van der Waals surface area (Å²) in [5, 5.41) is 3.21. The van der Waals surface area contributed by atoms with Crippen molar-refractivity contribution in [1.29, 1.82) is 0 Å². The average molecular weight is 499 g/mol. The zero-order valence-corrected chi connectivity index (χ0v) is 20.1. The minimum atomic E-state index is -0.531. The number of aromatic amines is 1. The first-order valence-corrected chi connectivity index (χ1v) is 11.7. The zero-order chi connectivity index (χ0) is 22.5. The van der Waals surface area contributed by atoms with Crippen LogP contribution < -0.4 is 10.2 Å². The Morgan fingerprint density at radius 3 is 2.75 bits per heavy atom. The first-order valence-electron chi connectivity index (χ1n) is 10.9. The molecule has 8 nitrogen and oxygen atoms in total. The Kier molecular flexibility index (Phi) is 5.11. The summed E-state index contributed by atoms with van der Waals surface area (Å²) in [6, 6.07) is 8.36. The maximum Gasteiger partial charge on any atom is 0.408 e. The van der Waals surface area contributed by atoms with Gasteiger partial charge >= 0.3 is 6.09 Å². The molecule has 3 heterocycles. The Hall–Kier alpha value is -2.68. The number of nitrogens with one attached hydrogen (secondary N) is 2. The average Bonchev–Trinajstić information content (AvgIpc) is 3.27. The molecule has 1 fully saturated rings. The number of benzene rings is 1. The van der Waals surface area contributed by atoms with Crippen molar-refractivity contribution in [2.75, 3.05) is 18.0 Å². The number of imidazole rings is 1. The largest absolute Gasteiger partial charge is 0.444 e. The van der Waals surface area contributed by atoms with Gasteiger partial charge in [-0.15, -0.1) is 0 Å². The molecule has 9 heteroatoms. The topological polar surface area (TPSA) is 96.0 Å². The predicted molar refractivity (Wildman–Crippen MR) is 126 cm³/mol. The lowest BCUT2D eigenvalue weighted by Gasteiger charge is -2.43. The Labute approximate surface area is 195 Å². The van der Waals surface area contributed by atoms with Crippen molar-refractivity contribution < 1.29 is 9.53 Å². The van der Waals surface area contributed by atoms with Crippen LogP contribution in [0.1, 0.15) is 50.8 Å². The summed E-state index contributed by atoms with van der Waals surface area (Å²) in [7, 11) is 0. The van der Waals surface area contributed by atoms with E-state index in [1.54, 1.807) is 6.20 Å². The minimum Gasteiger partial charge on any atom is -0.444 e. The molecule has 0 radical (unpaired) electrons. The second-order valence-electron chi connectivity index (χ2n) is 9.73. The molecule has 0 bridgehead atoms. The van der Waals surface area contributed by atoms with Crippen LogP contribution in [0.3, 0.4) is 0 Å². The van der Waals surface area contributed by atoms with Crippen LogP contribution in [-0.4, -0.2) is 44.7 Å². The molecule has 1 aliphatic heterocycles. The molecule has 1 aliphatic carbocycles. The molecule has 0 unspecified atom stereocenters. The van der Waals surface area contributed by atoms with E-state index in [9.17, 15) is 4.79 Å². The SMILES string of the molecule is CC(C)(C)OC(=O)N[C@@H]1c2ccccc2CC12CCN(c1nc3nc(Br)cnc3[nH]1)CC2. The molecular weight excluding hydrogens is 472 g/mol. The molecule has 1 saturated heterocycles.